The molecule has 7 nitrogen and oxygen atoms in total. The van der Waals surface area contributed by atoms with Gasteiger partial charge < -0.3 is 25.0 Å². The lowest BCUT2D eigenvalue weighted by Crippen LogP contribution is -2.48. The van der Waals surface area contributed by atoms with Crippen LogP contribution in [-0.4, -0.2) is 50.8 Å². The van der Waals surface area contributed by atoms with Crippen molar-refractivity contribution in [2.24, 2.45) is 0 Å². The van der Waals surface area contributed by atoms with Crippen LogP contribution in [0.5, 0.6) is 5.75 Å². The molecular formula is C26H26Cl2N4O3S. The van der Waals surface area contributed by atoms with E-state index in [1.54, 1.807) is 54.5 Å². The molecule has 2 unspecified atom stereocenters. The highest BCUT2D eigenvalue weighted by molar-refractivity contribution is 7.84. The van der Waals surface area contributed by atoms with Gasteiger partial charge in [0.15, 0.2) is 0 Å². The third-order valence-electron chi connectivity index (χ3n) is 6.41. The molecule has 2 aliphatic rings. The van der Waals surface area contributed by atoms with Gasteiger partial charge >= 0.3 is 0 Å². The summed E-state index contributed by atoms with van der Waals surface area (Å²) in [5.41, 5.74) is 0.429. The number of carbonyl (C=O) groups is 1. The molecule has 2 N–H and O–H groups in total. The summed E-state index contributed by atoms with van der Waals surface area (Å²) in [6, 6.07) is 14.5. The van der Waals surface area contributed by atoms with Crippen molar-refractivity contribution < 1.29 is 14.3 Å². The fourth-order valence-electron chi connectivity index (χ4n) is 4.73. The second kappa shape index (κ2) is 11.2. The van der Waals surface area contributed by atoms with E-state index in [4.69, 9.17) is 32.7 Å². The van der Waals surface area contributed by atoms with Crippen molar-refractivity contribution in [2.45, 2.75) is 17.9 Å². The number of halogens is 2. The van der Waals surface area contributed by atoms with Crippen molar-refractivity contribution >= 4 is 47.4 Å². The third kappa shape index (κ3) is 4.95. The predicted octanol–water partition coefficient (Wildman–Crippen LogP) is 4.75. The SMILES string of the molecule is COc1ccccc1NC(=O)C1=CN(C)C(S)=C(C#N)C1(CC1CNCCO1)c1ccc(Cl)cc1Cl. The number of morpholine rings is 1. The highest BCUT2D eigenvalue weighted by Gasteiger charge is 2.50. The molecule has 0 aromatic heterocycles. The Bertz CT molecular complexity index is 1270. The summed E-state index contributed by atoms with van der Waals surface area (Å²) in [4.78, 5) is 15.7. The van der Waals surface area contributed by atoms with E-state index in [0.29, 0.717) is 56.4 Å². The number of allylic oxidation sites excluding steroid dienone is 1. The van der Waals surface area contributed by atoms with Gasteiger partial charge in [-0.3, -0.25) is 4.79 Å². The summed E-state index contributed by atoms with van der Waals surface area (Å²) in [5, 5.41) is 17.9. The lowest BCUT2D eigenvalue weighted by molar-refractivity contribution is -0.113. The van der Waals surface area contributed by atoms with Crippen molar-refractivity contribution in [3.05, 3.63) is 80.4 Å². The molecule has 2 atom stereocenters. The van der Waals surface area contributed by atoms with Gasteiger partial charge in [0.05, 0.1) is 47.6 Å². The average molecular weight is 545 g/mol. The molecule has 0 saturated carbocycles. The maximum absolute atomic E-state index is 14.0. The smallest absolute Gasteiger partial charge is 0.254 e. The van der Waals surface area contributed by atoms with E-state index >= 15 is 0 Å². The lowest BCUT2D eigenvalue weighted by Gasteiger charge is -2.43. The van der Waals surface area contributed by atoms with Gasteiger partial charge in [0.2, 0.25) is 0 Å². The van der Waals surface area contributed by atoms with Crippen LogP contribution >= 0.6 is 35.8 Å². The Hall–Kier alpha value is -2.67. The Labute approximate surface area is 226 Å². The van der Waals surface area contributed by atoms with Gasteiger partial charge in [0, 0.05) is 42.0 Å². The lowest BCUT2D eigenvalue weighted by atomic mass is 9.64. The predicted molar refractivity (Wildman–Crippen MR) is 144 cm³/mol. The van der Waals surface area contributed by atoms with Crippen LogP contribution in [0.3, 0.4) is 0 Å². The first-order valence-corrected chi connectivity index (χ1v) is 12.5. The quantitative estimate of drug-likeness (QED) is 0.455. The zero-order valence-corrected chi connectivity index (χ0v) is 22.3. The van der Waals surface area contributed by atoms with Gasteiger partial charge in [-0.1, -0.05) is 41.4 Å². The number of para-hydroxylation sites is 2. The van der Waals surface area contributed by atoms with Crippen LogP contribution in [-0.2, 0) is 14.9 Å². The second-order valence-electron chi connectivity index (χ2n) is 8.55. The van der Waals surface area contributed by atoms with Crippen LogP contribution in [0.15, 0.2) is 64.8 Å². The Morgan fingerprint density at radius 2 is 2.14 bits per heavy atom. The monoisotopic (exact) mass is 544 g/mol. The second-order valence-corrected chi connectivity index (χ2v) is 9.82. The fourth-order valence-corrected chi connectivity index (χ4v) is 5.60. The number of benzene rings is 2. The molecule has 1 amide bonds. The average Bonchev–Trinajstić information content (AvgIpc) is 2.87. The molecule has 188 valence electrons. The molecule has 10 heteroatoms. The van der Waals surface area contributed by atoms with Crippen molar-refractivity contribution in [3.8, 4) is 11.8 Å². The van der Waals surface area contributed by atoms with Gasteiger partial charge in [-0.25, -0.2) is 0 Å². The maximum atomic E-state index is 14.0. The topological polar surface area (TPSA) is 86.6 Å². The third-order valence-corrected chi connectivity index (χ3v) is 7.49. The molecule has 0 spiro atoms. The Morgan fingerprint density at radius 1 is 1.36 bits per heavy atom. The van der Waals surface area contributed by atoms with Crippen LogP contribution in [0.1, 0.15) is 12.0 Å². The van der Waals surface area contributed by atoms with Crippen molar-refractivity contribution in [1.82, 2.24) is 10.2 Å². The Kier molecular flexibility index (Phi) is 8.18. The maximum Gasteiger partial charge on any atom is 0.254 e. The van der Waals surface area contributed by atoms with Crippen LogP contribution in [0, 0.1) is 11.3 Å². The number of nitrogens with zero attached hydrogens (tertiary/aromatic N) is 2. The summed E-state index contributed by atoms with van der Waals surface area (Å²) in [6.45, 7) is 1.80. The van der Waals surface area contributed by atoms with E-state index in [1.807, 2.05) is 6.07 Å². The summed E-state index contributed by atoms with van der Waals surface area (Å²) in [5.74, 6) is 0.103. The largest absolute Gasteiger partial charge is 0.495 e. The van der Waals surface area contributed by atoms with Gasteiger partial charge in [-0.15, -0.1) is 12.6 Å². The number of nitrogens with one attached hydrogen (secondary N) is 2. The normalized spacial score (nSPS) is 22.1. The zero-order chi connectivity index (χ0) is 25.9. The number of anilines is 1. The minimum atomic E-state index is -1.25. The molecule has 2 aliphatic heterocycles. The Morgan fingerprint density at radius 3 is 2.81 bits per heavy atom. The molecule has 1 fully saturated rings. The number of rotatable bonds is 6. The highest BCUT2D eigenvalue weighted by atomic mass is 35.5. The molecule has 0 bridgehead atoms. The number of nitriles is 1. The van der Waals surface area contributed by atoms with Gasteiger partial charge in [-0.2, -0.15) is 5.26 Å². The number of amides is 1. The summed E-state index contributed by atoms with van der Waals surface area (Å²) >= 11 is 17.7. The van der Waals surface area contributed by atoms with E-state index in [-0.39, 0.29) is 12.5 Å². The number of hydrogen-bond acceptors (Lipinski definition) is 7. The zero-order valence-electron chi connectivity index (χ0n) is 19.8. The standard InChI is InChI=1S/C26H26Cl2N4O3S/c1-32-15-20(24(33)31-22-5-3-4-6-23(22)34-2)26(19(13-29)25(32)36,12-17-14-30-9-10-35-17)18-8-7-16(27)11-21(18)28/h3-8,11,15,17,30,36H,9-10,12,14H2,1-2H3,(H,31,33). The molecular weight excluding hydrogens is 519 g/mol. The van der Waals surface area contributed by atoms with Gasteiger partial charge in [-0.05, 0) is 36.2 Å². The van der Waals surface area contributed by atoms with Crippen LogP contribution < -0.4 is 15.4 Å². The highest BCUT2D eigenvalue weighted by Crippen LogP contribution is 2.51. The minimum absolute atomic E-state index is 0.285. The first-order valence-electron chi connectivity index (χ1n) is 11.3. The molecule has 2 heterocycles. The first-order chi connectivity index (χ1) is 17.3. The molecule has 2 aromatic carbocycles. The Balaban J connectivity index is 1.92. The fraction of sp³-hybridized carbons (Fsp3) is 0.308. The van der Waals surface area contributed by atoms with Crippen LogP contribution in [0.4, 0.5) is 5.69 Å². The van der Waals surface area contributed by atoms with Crippen molar-refractivity contribution in [3.63, 3.8) is 0 Å². The van der Waals surface area contributed by atoms with Crippen LogP contribution in [0.2, 0.25) is 10.0 Å². The number of ether oxygens (including phenoxy) is 2. The minimum Gasteiger partial charge on any atom is -0.495 e. The van der Waals surface area contributed by atoms with E-state index in [1.165, 1.54) is 7.11 Å². The number of carbonyl (C=O) groups excluding carboxylic acids is 1. The van der Waals surface area contributed by atoms with E-state index in [9.17, 15) is 10.1 Å². The summed E-state index contributed by atoms with van der Waals surface area (Å²) < 4.78 is 11.5. The molecule has 2 aromatic rings. The number of methoxy groups -OCH3 is 1. The van der Waals surface area contributed by atoms with Crippen LogP contribution in [0.25, 0.3) is 0 Å². The molecule has 1 saturated heterocycles. The molecule has 4 rings (SSSR count). The van der Waals surface area contributed by atoms with Gasteiger partial charge in [0.1, 0.15) is 5.75 Å². The van der Waals surface area contributed by atoms with Crippen molar-refractivity contribution in [1.29, 1.82) is 5.26 Å². The molecule has 0 aliphatic carbocycles. The van der Waals surface area contributed by atoms with Crippen molar-refractivity contribution in [2.75, 3.05) is 39.2 Å². The molecule has 36 heavy (non-hydrogen) atoms. The van der Waals surface area contributed by atoms with Gasteiger partial charge in [0.25, 0.3) is 5.91 Å². The van der Waals surface area contributed by atoms with E-state index < -0.39 is 11.3 Å². The summed E-state index contributed by atoms with van der Waals surface area (Å²) in [6.07, 6.45) is 1.68. The van der Waals surface area contributed by atoms with E-state index in [0.717, 1.165) is 6.54 Å². The summed E-state index contributed by atoms with van der Waals surface area (Å²) in [7, 11) is 3.27. The molecule has 0 radical (unpaired) electrons. The first kappa shape index (κ1) is 26.4. The van der Waals surface area contributed by atoms with E-state index in [2.05, 4.69) is 29.3 Å². The number of thiol groups is 1. The number of hydrogen-bond donors (Lipinski definition) is 3.